The number of nitrogens with zero attached hydrogens (tertiary/aromatic N) is 5. The molecule has 2 aromatic heterocycles. The zero-order valence-corrected chi connectivity index (χ0v) is 17.1. The number of anilines is 2. The molecule has 0 bridgehead atoms. The minimum atomic E-state index is -0.119. The fraction of sp³-hybridized carbons (Fsp3) is 0.600. The molecule has 0 aromatic carbocycles. The van der Waals surface area contributed by atoms with Crippen LogP contribution >= 0.6 is 0 Å². The first kappa shape index (κ1) is 19.3. The Morgan fingerprint density at radius 3 is 2.93 bits per heavy atom. The molecule has 10 heteroatoms. The van der Waals surface area contributed by atoms with Crippen LogP contribution in [-0.2, 0) is 9.53 Å². The molecule has 5 rings (SSSR count). The molecule has 2 aliphatic heterocycles. The van der Waals surface area contributed by atoms with Crippen molar-refractivity contribution in [2.24, 2.45) is 0 Å². The number of nitrogens with one attached hydrogen (secondary N) is 3. The molecule has 2 aromatic rings. The van der Waals surface area contributed by atoms with Gasteiger partial charge in [0.1, 0.15) is 6.73 Å². The molecular weight excluding hydrogens is 384 g/mol. The Bertz CT molecular complexity index is 946. The van der Waals surface area contributed by atoms with E-state index in [9.17, 15) is 4.79 Å². The fourth-order valence-corrected chi connectivity index (χ4v) is 3.84. The lowest BCUT2D eigenvalue weighted by atomic mass is 10.1. The molecule has 30 heavy (non-hydrogen) atoms. The van der Waals surface area contributed by atoms with E-state index in [1.807, 2.05) is 0 Å². The van der Waals surface area contributed by atoms with Gasteiger partial charge in [0.15, 0.2) is 5.65 Å². The van der Waals surface area contributed by atoms with E-state index in [1.54, 1.807) is 16.8 Å². The van der Waals surface area contributed by atoms with E-state index in [0.717, 1.165) is 37.9 Å². The van der Waals surface area contributed by atoms with Gasteiger partial charge in [-0.15, -0.1) is 0 Å². The summed E-state index contributed by atoms with van der Waals surface area (Å²) in [5.74, 6) is 1.14. The van der Waals surface area contributed by atoms with E-state index in [0.29, 0.717) is 29.2 Å². The zero-order chi connectivity index (χ0) is 20.3. The van der Waals surface area contributed by atoms with Gasteiger partial charge in [-0.25, -0.2) is 0 Å². The van der Waals surface area contributed by atoms with Crippen LogP contribution in [0.25, 0.3) is 11.7 Å². The molecule has 3 N–H and O–H groups in total. The number of likely N-dealkylation sites (tertiary alicyclic amines) is 1. The fourth-order valence-electron chi connectivity index (χ4n) is 3.84. The average Bonchev–Trinajstić information content (AvgIpc) is 3.24. The van der Waals surface area contributed by atoms with Gasteiger partial charge < -0.3 is 25.6 Å². The molecule has 160 valence electrons. The molecular formula is C20H28N8O2. The number of hydrogen-bond donors (Lipinski definition) is 3. The van der Waals surface area contributed by atoms with Crippen LogP contribution in [0.3, 0.4) is 0 Å². The topological polar surface area (TPSA) is 109 Å². The Morgan fingerprint density at radius 2 is 2.13 bits per heavy atom. The Balaban J connectivity index is 1.36. The lowest BCUT2D eigenvalue weighted by Crippen LogP contribution is -2.34. The van der Waals surface area contributed by atoms with E-state index in [4.69, 9.17) is 9.72 Å². The third kappa shape index (κ3) is 4.39. The quantitative estimate of drug-likeness (QED) is 0.437. The van der Waals surface area contributed by atoms with Gasteiger partial charge in [-0.1, -0.05) is 0 Å². The molecule has 1 amide bonds. The number of fused-ring (bicyclic) bond motifs is 1. The summed E-state index contributed by atoms with van der Waals surface area (Å²) in [5.41, 5.74) is 2.00. The second-order valence-corrected chi connectivity index (χ2v) is 8.12. The number of aromatic nitrogens is 4. The summed E-state index contributed by atoms with van der Waals surface area (Å²) < 4.78 is 7.05. The molecule has 3 aliphatic rings. The molecule has 0 radical (unpaired) electrons. The molecule has 0 atom stereocenters. The van der Waals surface area contributed by atoms with Crippen molar-refractivity contribution in [2.45, 2.75) is 38.1 Å². The predicted octanol–water partition coefficient (Wildman–Crippen LogP) is 1.08. The Kier molecular flexibility index (Phi) is 5.50. The van der Waals surface area contributed by atoms with E-state index >= 15 is 0 Å². The lowest BCUT2D eigenvalue weighted by Gasteiger charge is -2.15. The predicted molar refractivity (Wildman–Crippen MR) is 113 cm³/mol. The summed E-state index contributed by atoms with van der Waals surface area (Å²) >= 11 is 0. The number of amides is 1. The van der Waals surface area contributed by atoms with Crippen LogP contribution in [0.4, 0.5) is 11.9 Å². The third-order valence-corrected chi connectivity index (χ3v) is 5.65. The second kappa shape index (κ2) is 8.57. The van der Waals surface area contributed by atoms with Crippen LogP contribution in [0.1, 0.15) is 37.7 Å². The summed E-state index contributed by atoms with van der Waals surface area (Å²) in [7, 11) is 0. The van der Waals surface area contributed by atoms with Crippen molar-refractivity contribution in [1.29, 1.82) is 0 Å². The van der Waals surface area contributed by atoms with Crippen molar-refractivity contribution < 1.29 is 9.53 Å². The summed E-state index contributed by atoms with van der Waals surface area (Å²) in [6.07, 6.45) is 9.46. The number of carbonyl (C=O) groups is 1. The molecule has 0 unspecified atom stereocenters. The van der Waals surface area contributed by atoms with Crippen LogP contribution in [0.5, 0.6) is 0 Å². The highest BCUT2D eigenvalue weighted by atomic mass is 16.5. The number of ether oxygens (including phenoxy) is 1. The molecule has 4 heterocycles. The highest BCUT2D eigenvalue weighted by Crippen LogP contribution is 2.25. The summed E-state index contributed by atoms with van der Waals surface area (Å²) in [6.45, 7) is 4.86. The van der Waals surface area contributed by atoms with E-state index < -0.39 is 0 Å². The van der Waals surface area contributed by atoms with Gasteiger partial charge in [0, 0.05) is 23.7 Å². The van der Waals surface area contributed by atoms with Gasteiger partial charge >= 0.3 is 0 Å². The maximum Gasteiger partial charge on any atom is 0.251 e. The maximum absolute atomic E-state index is 12.1. The first-order valence-corrected chi connectivity index (χ1v) is 10.8. The van der Waals surface area contributed by atoms with Crippen LogP contribution < -0.4 is 16.0 Å². The number of carbonyl (C=O) groups excluding carboxylic acids is 1. The SMILES string of the molecule is O=C1NCOC/C1=C\c1cnn2c(NC3CC3)nc(NCCCN3CCCC3)nc12. The smallest absolute Gasteiger partial charge is 0.251 e. The van der Waals surface area contributed by atoms with Crippen molar-refractivity contribution in [2.75, 3.05) is 50.2 Å². The molecule has 0 spiro atoms. The summed E-state index contributed by atoms with van der Waals surface area (Å²) in [5, 5.41) is 14.0. The van der Waals surface area contributed by atoms with E-state index in [2.05, 4.69) is 30.9 Å². The molecule has 1 aliphatic carbocycles. The van der Waals surface area contributed by atoms with Gasteiger partial charge in [0.25, 0.3) is 5.91 Å². The van der Waals surface area contributed by atoms with Crippen LogP contribution in [-0.4, -0.2) is 75.9 Å². The highest BCUT2D eigenvalue weighted by Gasteiger charge is 2.24. The molecule has 3 fully saturated rings. The van der Waals surface area contributed by atoms with Gasteiger partial charge in [-0.05, 0) is 57.8 Å². The normalized spacial score (nSPS) is 21.3. The van der Waals surface area contributed by atoms with Crippen molar-refractivity contribution in [1.82, 2.24) is 29.8 Å². The van der Waals surface area contributed by atoms with Crippen molar-refractivity contribution in [3.05, 3.63) is 17.3 Å². The van der Waals surface area contributed by atoms with E-state index in [-0.39, 0.29) is 19.2 Å². The van der Waals surface area contributed by atoms with Crippen LogP contribution in [0.2, 0.25) is 0 Å². The van der Waals surface area contributed by atoms with Crippen molar-refractivity contribution in [3.63, 3.8) is 0 Å². The largest absolute Gasteiger partial charge is 0.356 e. The van der Waals surface area contributed by atoms with Crippen molar-refractivity contribution in [3.8, 4) is 0 Å². The standard InChI is InChI=1S/C20H28N8O2/c29-18-15(12-30-13-22-18)10-14-11-23-28-17(14)25-19(26-20(28)24-16-4-5-16)21-6-3-9-27-7-1-2-8-27/h10-11,16H,1-9,12-13H2,(H,22,29)(H2,21,24,25,26)/b15-10+. The summed E-state index contributed by atoms with van der Waals surface area (Å²) in [4.78, 5) is 23.9. The van der Waals surface area contributed by atoms with Gasteiger partial charge in [-0.3, -0.25) is 4.79 Å². The Hall–Kier alpha value is -2.72. The van der Waals surface area contributed by atoms with E-state index in [1.165, 1.54) is 25.9 Å². The lowest BCUT2D eigenvalue weighted by molar-refractivity contribution is -0.122. The molecule has 10 nitrogen and oxygen atoms in total. The minimum Gasteiger partial charge on any atom is -0.356 e. The maximum atomic E-state index is 12.1. The Morgan fingerprint density at radius 1 is 1.27 bits per heavy atom. The van der Waals surface area contributed by atoms with Gasteiger partial charge in [0.2, 0.25) is 11.9 Å². The highest BCUT2D eigenvalue weighted by molar-refractivity contribution is 5.99. The Labute approximate surface area is 175 Å². The molecule has 2 saturated heterocycles. The number of hydrogen-bond acceptors (Lipinski definition) is 8. The van der Waals surface area contributed by atoms with Gasteiger partial charge in [-0.2, -0.15) is 19.6 Å². The van der Waals surface area contributed by atoms with Crippen molar-refractivity contribution >= 4 is 29.5 Å². The van der Waals surface area contributed by atoms with Gasteiger partial charge in [0.05, 0.1) is 12.8 Å². The van der Waals surface area contributed by atoms with Crippen LogP contribution in [0.15, 0.2) is 11.8 Å². The molecule has 1 saturated carbocycles. The third-order valence-electron chi connectivity index (χ3n) is 5.65. The first-order chi connectivity index (χ1) is 14.8. The first-order valence-electron chi connectivity index (χ1n) is 10.8. The second-order valence-electron chi connectivity index (χ2n) is 8.12. The average molecular weight is 412 g/mol. The zero-order valence-electron chi connectivity index (χ0n) is 17.1. The monoisotopic (exact) mass is 412 g/mol. The number of rotatable bonds is 8. The minimum absolute atomic E-state index is 0.119. The summed E-state index contributed by atoms with van der Waals surface area (Å²) in [6, 6.07) is 0.439. The van der Waals surface area contributed by atoms with Crippen LogP contribution in [0, 0.1) is 0 Å².